The second-order valence-electron chi connectivity index (χ2n) is 3.96. The minimum absolute atomic E-state index is 0.146. The number of hydrogen-bond acceptors (Lipinski definition) is 6. The molecule has 0 unspecified atom stereocenters. The zero-order valence-electron chi connectivity index (χ0n) is 12.0. The fourth-order valence-corrected chi connectivity index (χ4v) is 1.48. The van der Waals surface area contributed by atoms with Crippen molar-refractivity contribution in [1.82, 2.24) is 0 Å². The molecule has 0 aliphatic heterocycles. The predicted octanol–water partition coefficient (Wildman–Crippen LogP) is 2.52. The van der Waals surface area contributed by atoms with Crippen LogP contribution >= 0.6 is 0 Å². The van der Waals surface area contributed by atoms with Crippen LogP contribution in [0.5, 0.6) is 34.5 Å². The zero-order valence-corrected chi connectivity index (χ0v) is 12.0. The number of hydrogen-bond donors (Lipinski definition) is 3. The smallest absolute Gasteiger partial charge is 0.126 e. The van der Waals surface area contributed by atoms with Gasteiger partial charge in [0, 0.05) is 36.4 Å². The van der Waals surface area contributed by atoms with Crippen LogP contribution in [0.25, 0.3) is 0 Å². The van der Waals surface area contributed by atoms with Crippen molar-refractivity contribution >= 4 is 0 Å². The maximum absolute atomic E-state index is 8.67. The van der Waals surface area contributed by atoms with Gasteiger partial charge in [-0.15, -0.1) is 0 Å². The molecule has 0 aromatic heterocycles. The van der Waals surface area contributed by atoms with Gasteiger partial charge >= 0.3 is 0 Å². The van der Waals surface area contributed by atoms with Gasteiger partial charge in [0.25, 0.3) is 0 Å². The summed E-state index contributed by atoms with van der Waals surface area (Å²) in [5.41, 5.74) is 0. The summed E-state index contributed by atoms with van der Waals surface area (Å²) in [5.74, 6) is 1.75. The first-order chi connectivity index (χ1) is 9.98. The average molecular weight is 294 g/mol. The summed E-state index contributed by atoms with van der Waals surface area (Å²) < 4.78 is 15.1. The second kappa shape index (κ2) is 7.74. The van der Waals surface area contributed by atoms with Gasteiger partial charge in [0.05, 0.1) is 21.3 Å². The molecule has 6 heteroatoms. The molecule has 3 N–H and O–H groups in total. The Morgan fingerprint density at radius 2 is 0.762 bits per heavy atom. The SMILES string of the molecule is COc1cc(OC)cc(OC)c1.Oc1cc(O)cc(O)c1. The maximum Gasteiger partial charge on any atom is 0.126 e. The average Bonchev–Trinajstić information content (AvgIpc) is 2.45. The van der Waals surface area contributed by atoms with Crippen molar-refractivity contribution in [1.29, 1.82) is 0 Å². The van der Waals surface area contributed by atoms with E-state index >= 15 is 0 Å². The minimum Gasteiger partial charge on any atom is -0.508 e. The predicted molar refractivity (Wildman–Crippen MR) is 77.5 cm³/mol. The Morgan fingerprint density at radius 3 is 0.952 bits per heavy atom. The first-order valence-corrected chi connectivity index (χ1v) is 5.97. The van der Waals surface area contributed by atoms with E-state index < -0.39 is 0 Å². The maximum atomic E-state index is 8.67. The van der Waals surface area contributed by atoms with Crippen molar-refractivity contribution in [2.45, 2.75) is 0 Å². The lowest BCUT2D eigenvalue weighted by Gasteiger charge is -2.06. The first kappa shape index (κ1) is 16.3. The zero-order chi connectivity index (χ0) is 15.8. The summed E-state index contributed by atoms with van der Waals surface area (Å²) in [6, 6.07) is 8.80. The Balaban J connectivity index is 0.000000219. The van der Waals surface area contributed by atoms with Crippen molar-refractivity contribution < 1.29 is 29.5 Å². The Morgan fingerprint density at radius 1 is 0.524 bits per heavy atom. The molecule has 0 fully saturated rings. The summed E-state index contributed by atoms with van der Waals surface area (Å²) in [6.45, 7) is 0. The lowest BCUT2D eigenvalue weighted by Crippen LogP contribution is -1.89. The van der Waals surface area contributed by atoms with Gasteiger partial charge in [-0.1, -0.05) is 0 Å². The Labute approximate surface area is 122 Å². The van der Waals surface area contributed by atoms with Gasteiger partial charge in [0.2, 0.25) is 0 Å². The molecule has 0 aliphatic rings. The third kappa shape index (κ3) is 5.40. The summed E-state index contributed by atoms with van der Waals surface area (Å²) in [6.07, 6.45) is 0. The van der Waals surface area contributed by atoms with E-state index in [1.807, 2.05) is 0 Å². The number of aromatic hydroxyl groups is 3. The van der Waals surface area contributed by atoms with E-state index in [-0.39, 0.29) is 17.2 Å². The molecule has 0 atom stereocenters. The molecular formula is C15H18O6. The van der Waals surface area contributed by atoms with Gasteiger partial charge in [0.1, 0.15) is 34.5 Å². The molecular weight excluding hydrogens is 276 g/mol. The Bertz CT molecular complexity index is 477. The van der Waals surface area contributed by atoms with Crippen molar-refractivity contribution in [3.63, 3.8) is 0 Å². The van der Waals surface area contributed by atoms with Gasteiger partial charge in [-0.25, -0.2) is 0 Å². The van der Waals surface area contributed by atoms with Gasteiger partial charge in [0.15, 0.2) is 0 Å². The number of phenolic OH excluding ortho intramolecular Hbond substituents is 3. The van der Waals surface area contributed by atoms with Crippen LogP contribution in [0.1, 0.15) is 0 Å². The van der Waals surface area contributed by atoms with Crippen LogP contribution in [-0.2, 0) is 0 Å². The summed E-state index contributed by atoms with van der Waals surface area (Å²) in [4.78, 5) is 0. The highest BCUT2D eigenvalue weighted by atomic mass is 16.5. The molecule has 0 saturated heterocycles. The van der Waals surface area contributed by atoms with Crippen molar-refractivity contribution in [2.24, 2.45) is 0 Å². The van der Waals surface area contributed by atoms with Crippen LogP contribution < -0.4 is 14.2 Å². The highest BCUT2D eigenvalue weighted by molar-refractivity contribution is 5.42. The molecule has 2 rings (SSSR count). The van der Waals surface area contributed by atoms with Gasteiger partial charge in [-0.05, 0) is 0 Å². The standard InChI is InChI=1S/C9H12O3.C6H6O3/c1-10-7-4-8(11-2)6-9(5-7)12-3;7-4-1-5(8)3-6(9)2-4/h4-6H,1-3H3;1-3,7-9H. The highest BCUT2D eigenvalue weighted by Crippen LogP contribution is 2.26. The topological polar surface area (TPSA) is 88.4 Å². The van der Waals surface area contributed by atoms with E-state index in [4.69, 9.17) is 29.5 Å². The van der Waals surface area contributed by atoms with E-state index in [9.17, 15) is 0 Å². The largest absolute Gasteiger partial charge is 0.508 e. The van der Waals surface area contributed by atoms with Crippen molar-refractivity contribution in [2.75, 3.05) is 21.3 Å². The van der Waals surface area contributed by atoms with E-state index in [1.54, 1.807) is 39.5 Å². The first-order valence-electron chi connectivity index (χ1n) is 5.97. The van der Waals surface area contributed by atoms with Crippen molar-refractivity contribution in [3.8, 4) is 34.5 Å². The number of methoxy groups -OCH3 is 3. The monoisotopic (exact) mass is 294 g/mol. The Kier molecular flexibility index (Phi) is 6.00. The van der Waals surface area contributed by atoms with Gasteiger partial charge in [-0.3, -0.25) is 0 Å². The summed E-state index contributed by atoms with van der Waals surface area (Å²) >= 11 is 0. The van der Waals surface area contributed by atoms with Crippen LogP contribution in [0.15, 0.2) is 36.4 Å². The lowest BCUT2D eigenvalue weighted by atomic mass is 10.3. The molecule has 6 nitrogen and oxygen atoms in total. The summed E-state index contributed by atoms with van der Waals surface area (Å²) in [5, 5.41) is 26.0. The number of phenols is 3. The molecule has 0 saturated carbocycles. The molecule has 0 radical (unpaired) electrons. The van der Waals surface area contributed by atoms with E-state index in [1.165, 1.54) is 0 Å². The number of ether oxygens (including phenoxy) is 3. The molecule has 0 amide bonds. The molecule has 114 valence electrons. The highest BCUT2D eigenvalue weighted by Gasteiger charge is 2.00. The lowest BCUT2D eigenvalue weighted by molar-refractivity contribution is 0.375. The molecule has 2 aromatic carbocycles. The molecule has 2 aromatic rings. The van der Waals surface area contributed by atoms with E-state index in [0.29, 0.717) is 0 Å². The number of benzene rings is 2. The minimum atomic E-state index is -0.146. The molecule has 0 bridgehead atoms. The van der Waals surface area contributed by atoms with Gasteiger partial charge in [-0.2, -0.15) is 0 Å². The van der Waals surface area contributed by atoms with Crippen LogP contribution in [-0.4, -0.2) is 36.6 Å². The van der Waals surface area contributed by atoms with Crippen LogP contribution in [0.4, 0.5) is 0 Å². The van der Waals surface area contributed by atoms with Crippen LogP contribution in [0.2, 0.25) is 0 Å². The quantitative estimate of drug-likeness (QED) is 0.806. The molecule has 0 spiro atoms. The third-order valence-electron chi connectivity index (χ3n) is 2.45. The normalized spacial score (nSPS) is 9.29. The van der Waals surface area contributed by atoms with Crippen LogP contribution in [0.3, 0.4) is 0 Å². The Hall–Kier alpha value is -2.76. The fraction of sp³-hybridized carbons (Fsp3) is 0.200. The van der Waals surface area contributed by atoms with Gasteiger partial charge < -0.3 is 29.5 Å². The fourth-order valence-electron chi connectivity index (χ4n) is 1.48. The van der Waals surface area contributed by atoms with Crippen molar-refractivity contribution in [3.05, 3.63) is 36.4 Å². The summed E-state index contributed by atoms with van der Waals surface area (Å²) in [7, 11) is 4.82. The molecule has 21 heavy (non-hydrogen) atoms. The molecule has 0 heterocycles. The van der Waals surface area contributed by atoms with E-state index in [0.717, 1.165) is 35.4 Å². The second-order valence-corrected chi connectivity index (χ2v) is 3.96. The number of rotatable bonds is 3. The van der Waals surface area contributed by atoms with E-state index in [2.05, 4.69) is 0 Å². The third-order valence-corrected chi connectivity index (χ3v) is 2.45. The van der Waals surface area contributed by atoms with Crippen LogP contribution in [0, 0.1) is 0 Å². The molecule has 0 aliphatic carbocycles.